The minimum Gasteiger partial charge on any atom is -0.312 e. The first-order valence-corrected chi connectivity index (χ1v) is 12.9. The van der Waals surface area contributed by atoms with Gasteiger partial charge in [-0.2, -0.15) is 0 Å². The molecule has 0 aromatic heterocycles. The Labute approximate surface area is 205 Å². The third-order valence-electron chi connectivity index (χ3n) is 7.17. The summed E-state index contributed by atoms with van der Waals surface area (Å²) < 4.78 is 0. The van der Waals surface area contributed by atoms with Crippen LogP contribution >= 0.6 is 0 Å². The van der Waals surface area contributed by atoms with Crippen molar-refractivity contribution in [1.29, 1.82) is 0 Å². The fourth-order valence-electron chi connectivity index (χ4n) is 4.89. The second-order valence-corrected chi connectivity index (χ2v) is 12.0. The number of nitrogens with zero attached hydrogens (tertiary/aromatic N) is 2. The number of hydrogen-bond acceptors (Lipinski definition) is 2. The van der Waals surface area contributed by atoms with Crippen LogP contribution in [-0.2, 0) is 20.4 Å². The van der Waals surface area contributed by atoms with Crippen molar-refractivity contribution in [3.8, 4) is 11.1 Å². The first kappa shape index (κ1) is 24.5. The van der Waals surface area contributed by atoms with Gasteiger partial charge in [0.25, 0.3) is 0 Å². The van der Waals surface area contributed by atoms with Crippen LogP contribution in [0.3, 0.4) is 0 Å². The molecule has 4 heteroatoms. The minimum atomic E-state index is 0.0160. The lowest BCUT2D eigenvalue weighted by atomic mass is 9.79. The molecular formula is C30H40N2O2. The van der Waals surface area contributed by atoms with Crippen LogP contribution in [0.15, 0.2) is 36.4 Å². The predicted molar refractivity (Wildman–Crippen MR) is 142 cm³/mol. The standard InChI is InChI=1S/C30H40N2O2/c1-29(2,3)23-15-21(16-24(19-23)30(4,5)6)22-17-25(31-13-9-7-11-27(31)33)20-26(18-22)32-14-10-8-12-28(32)34/h15-20H,7-14H2,1-6H3. The molecule has 0 atom stereocenters. The van der Waals surface area contributed by atoms with Gasteiger partial charge in [0.05, 0.1) is 0 Å². The minimum absolute atomic E-state index is 0.0160. The van der Waals surface area contributed by atoms with Gasteiger partial charge in [-0.1, -0.05) is 59.7 Å². The number of carbonyl (C=O) groups excluding carboxylic acids is 2. The molecular weight excluding hydrogens is 420 g/mol. The van der Waals surface area contributed by atoms with Gasteiger partial charge in [0, 0.05) is 37.3 Å². The van der Waals surface area contributed by atoms with E-state index in [2.05, 4.69) is 71.9 Å². The van der Waals surface area contributed by atoms with Crippen LogP contribution in [0.5, 0.6) is 0 Å². The van der Waals surface area contributed by atoms with E-state index in [1.807, 2.05) is 15.9 Å². The Kier molecular flexibility index (Phi) is 6.63. The van der Waals surface area contributed by atoms with Gasteiger partial charge >= 0.3 is 0 Å². The van der Waals surface area contributed by atoms with Crippen LogP contribution in [0.4, 0.5) is 11.4 Å². The first-order valence-electron chi connectivity index (χ1n) is 12.9. The van der Waals surface area contributed by atoms with Crippen molar-refractivity contribution in [2.45, 2.75) is 90.9 Å². The molecule has 4 nitrogen and oxygen atoms in total. The van der Waals surface area contributed by atoms with Gasteiger partial charge in [-0.05, 0) is 77.0 Å². The lowest BCUT2D eigenvalue weighted by Gasteiger charge is -2.31. The molecule has 182 valence electrons. The van der Waals surface area contributed by atoms with Crippen molar-refractivity contribution in [1.82, 2.24) is 0 Å². The highest BCUT2D eigenvalue weighted by molar-refractivity contribution is 5.98. The molecule has 0 N–H and O–H groups in total. The molecule has 34 heavy (non-hydrogen) atoms. The SMILES string of the molecule is CC(C)(C)c1cc(-c2cc(N3CCCCC3=O)cc(N3CCCCC3=O)c2)cc(C(C)(C)C)c1. The molecule has 2 aromatic rings. The monoisotopic (exact) mass is 460 g/mol. The summed E-state index contributed by atoms with van der Waals surface area (Å²) in [6.45, 7) is 15.0. The van der Waals surface area contributed by atoms with Crippen LogP contribution in [0, 0.1) is 0 Å². The average molecular weight is 461 g/mol. The summed E-state index contributed by atoms with van der Waals surface area (Å²) in [4.78, 5) is 29.5. The van der Waals surface area contributed by atoms with Crippen molar-refractivity contribution < 1.29 is 9.59 Å². The molecule has 2 aliphatic heterocycles. The molecule has 2 aliphatic rings. The molecule has 0 unspecified atom stereocenters. The second-order valence-electron chi connectivity index (χ2n) is 12.0. The number of amides is 2. The molecule has 2 aromatic carbocycles. The average Bonchev–Trinajstić information content (AvgIpc) is 2.78. The summed E-state index contributed by atoms with van der Waals surface area (Å²) in [6, 6.07) is 13.2. The first-order chi connectivity index (χ1) is 15.9. The quantitative estimate of drug-likeness (QED) is 0.496. The predicted octanol–water partition coefficient (Wildman–Crippen LogP) is 6.98. The summed E-state index contributed by atoms with van der Waals surface area (Å²) >= 11 is 0. The Morgan fingerprint density at radius 2 is 0.971 bits per heavy atom. The maximum absolute atomic E-state index is 12.8. The Balaban J connectivity index is 1.90. The Morgan fingerprint density at radius 1 is 0.559 bits per heavy atom. The number of hydrogen-bond donors (Lipinski definition) is 0. The summed E-state index contributed by atoms with van der Waals surface area (Å²) in [5.41, 5.74) is 6.66. The summed E-state index contributed by atoms with van der Waals surface area (Å²) in [5, 5.41) is 0. The van der Waals surface area contributed by atoms with Crippen LogP contribution in [0.2, 0.25) is 0 Å². The van der Waals surface area contributed by atoms with E-state index < -0.39 is 0 Å². The van der Waals surface area contributed by atoms with Crippen LogP contribution in [-0.4, -0.2) is 24.9 Å². The van der Waals surface area contributed by atoms with E-state index in [1.54, 1.807) is 0 Å². The van der Waals surface area contributed by atoms with Gasteiger partial charge in [-0.15, -0.1) is 0 Å². The zero-order valence-electron chi connectivity index (χ0n) is 21.8. The number of rotatable bonds is 3. The van der Waals surface area contributed by atoms with Gasteiger partial charge in [-0.25, -0.2) is 0 Å². The van der Waals surface area contributed by atoms with E-state index in [0.717, 1.165) is 61.3 Å². The van der Waals surface area contributed by atoms with Gasteiger partial charge in [-0.3, -0.25) is 9.59 Å². The van der Waals surface area contributed by atoms with Crippen molar-refractivity contribution >= 4 is 23.2 Å². The molecule has 0 radical (unpaired) electrons. The lowest BCUT2D eigenvalue weighted by molar-refractivity contribution is -0.120. The topological polar surface area (TPSA) is 40.6 Å². The summed E-state index contributed by atoms with van der Waals surface area (Å²) in [6.07, 6.45) is 5.12. The maximum atomic E-state index is 12.8. The zero-order valence-corrected chi connectivity index (χ0v) is 21.8. The van der Waals surface area contributed by atoms with E-state index in [-0.39, 0.29) is 22.6 Å². The van der Waals surface area contributed by atoms with Crippen molar-refractivity contribution in [3.63, 3.8) is 0 Å². The fourth-order valence-corrected chi connectivity index (χ4v) is 4.89. The molecule has 2 saturated heterocycles. The highest BCUT2D eigenvalue weighted by Gasteiger charge is 2.26. The van der Waals surface area contributed by atoms with Gasteiger partial charge in [0.15, 0.2) is 0 Å². The lowest BCUT2D eigenvalue weighted by Crippen LogP contribution is -2.37. The third-order valence-corrected chi connectivity index (χ3v) is 7.17. The molecule has 0 spiro atoms. The fraction of sp³-hybridized carbons (Fsp3) is 0.533. The number of carbonyl (C=O) groups is 2. The molecule has 0 aliphatic carbocycles. The van der Waals surface area contributed by atoms with E-state index in [4.69, 9.17) is 0 Å². The van der Waals surface area contributed by atoms with Gasteiger partial charge < -0.3 is 9.80 Å². The van der Waals surface area contributed by atoms with E-state index in [0.29, 0.717) is 12.8 Å². The molecule has 2 heterocycles. The van der Waals surface area contributed by atoms with Crippen LogP contribution in [0.25, 0.3) is 11.1 Å². The molecule has 4 rings (SSSR count). The van der Waals surface area contributed by atoms with E-state index in [9.17, 15) is 9.59 Å². The summed E-state index contributed by atoms with van der Waals surface area (Å²) in [5.74, 6) is 0.358. The third kappa shape index (κ3) is 5.21. The normalized spacial score (nSPS) is 17.9. The van der Waals surface area contributed by atoms with E-state index >= 15 is 0 Å². The molecule has 2 fully saturated rings. The number of anilines is 2. The van der Waals surface area contributed by atoms with Crippen LogP contribution < -0.4 is 9.80 Å². The van der Waals surface area contributed by atoms with Crippen LogP contribution in [0.1, 0.15) is 91.2 Å². The highest BCUT2D eigenvalue weighted by Crippen LogP contribution is 2.38. The van der Waals surface area contributed by atoms with Crippen molar-refractivity contribution in [2.24, 2.45) is 0 Å². The maximum Gasteiger partial charge on any atom is 0.226 e. The smallest absolute Gasteiger partial charge is 0.226 e. The summed E-state index contributed by atoms with van der Waals surface area (Å²) in [7, 11) is 0. The molecule has 0 saturated carbocycles. The highest BCUT2D eigenvalue weighted by atomic mass is 16.2. The Hall–Kier alpha value is -2.62. The molecule has 2 amide bonds. The largest absolute Gasteiger partial charge is 0.312 e. The zero-order chi connectivity index (χ0) is 24.7. The molecule has 0 bridgehead atoms. The van der Waals surface area contributed by atoms with E-state index in [1.165, 1.54) is 11.1 Å². The number of piperidine rings is 2. The van der Waals surface area contributed by atoms with Crippen molar-refractivity contribution in [2.75, 3.05) is 22.9 Å². The van der Waals surface area contributed by atoms with Gasteiger partial charge in [0.1, 0.15) is 0 Å². The van der Waals surface area contributed by atoms with Crippen molar-refractivity contribution in [3.05, 3.63) is 47.5 Å². The second kappa shape index (κ2) is 9.20. The Morgan fingerprint density at radius 3 is 1.35 bits per heavy atom. The van der Waals surface area contributed by atoms with Gasteiger partial charge in [0.2, 0.25) is 11.8 Å². The Bertz CT molecular complexity index is 1010. The number of benzene rings is 2.